The third-order valence-corrected chi connectivity index (χ3v) is 8.75. The third-order valence-electron chi connectivity index (χ3n) is 7.98. The van der Waals surface area contributed by atoms with Gasteiger partial charge in [-0.05, 0) is 57.4 Å². The molecule has 0 saturated carbocycles. The van der Waals surface area contributed by atoms with Crippen molar-refractivity contribution in [3.8, 4) is 0 Å². The lowest BCUT2D eigenvalue weighted by Crippen LogP contribution is -2.62. The van der Waals surface area contributed by atoms with Gasteiger partial charge >= 0.3 is 0 Å². The first-order valence-electron chi connectivity index (χ1n) is 13.9. The van der Waals surface area contributed by atoms with Crippen molar-refractivity contribution in [2.24, 2.45) is 5.41 Å². The molecule has 1 amide bonds. The SMILES string of the molecule is Cc1cc(C)cc(CN2CC3(CCCN(CC(=O)Nc4nnc(N[C@@H]5CCN(c6cccnn6)C5)s4)C3)C2)c1. The Labute approximate surface area is 233 Å². The Balaban J connectivity index is 0.949. The maximum absolute atomic E-state index is 12.9. The van der Waals surface area contributed by atoms with E-state index in [1.54, 1.807) is 6.20 Å². The zero-order valence-corrected chi connectivity index (χ0v) is 23.6. The molecule has 3 aliphatic heterocycles. The van der Waals surface area contributed by atoms with E-state index < -0.39 is 0 Å². The zero-order chi connectivity index (χ0) is 26.8. The summed E-state index contributed by atoms with van der Waals surface area (Å²) >= 11 is 1.39. The molecule has 206 valence electrons. The average Bonchev–Trinajstić information content (AvgIpc) is 3.53. The number of aromatic nitrogens is 4. The highest BCUT2D eigenvalue weighted by molar-refractivity contribution is 7.19. The number of aryl methyl sites for hydroxylation is 2. The van der Waals surface area contributed by atoms with E-state index in [-0.39, 0.29) is 11.9 Å². The number of nitrogens with zero attached hydrogens (tertiary/aromatic N) is 7. The fraction of sp³-hybridized carbons (Fsp3) is 0.536. The molecule has 6 rings (SSSR count). The number of piperidine rings is 1. The smallest absolute Gasteiger partial charge is 0.240 e. The average molecular weight is 548 g/mol. The van der Waals surface area contributed by atoms with Crippen molar-refractivity contribution in [1.29, 1.82) is 0 Å². The van der Waals surface area contributed by atoms with Gasteiger partial charge in [-0.3, -0.25) is 19.9 Å². The number of anilines is 3. The minimum atomic E-state index is -0.0177. The minimum Gasteiger partial charge on any atom is -0.355 e. The van der Waals surface area contributed by atoms with E-state index in [2.05, 4.69) is 77.8 Å². The molecule has 3 fully saturated rings. The van der Waals surface area contributed by atoms with Gasteiger partial charge in [0.1, 0.15) is 0 Å². The van der Waals surface area contributed by atoms with E-state index in [4.69, 9.17) is 0 Å². The molecule has 3 aromatic rings. The number of carbonyl (C=O) groups is 1. The molecule has 3 saturated heterocycles. The molecule has 2 N–H and O–H groups in total. The normalized spacial score (nSPS) is 21.2. The van der Waals surface area contributed by atoms with Crippen LogP contribution in [0, 0.1) is 19.3 Å². The minimum absolute atomic E-state index is 0.0177. The van der Waals surface area contributed by atoms with Crippen LogP contribution in [0.5, 0.6) is 0 Å². The van der Waals surface area contributed by atoms with Crippen molar-refractivity contribution < 1.29 is 4.79 Å². The first-order valence-corrected chi connectivity index (χ1v) is 14.7. The Hall–Kier alpha value is -3.15. The summed E-state index contributed by atoms with van der Waals surface area (Å²) < 4.78 is 0. The van der Waals surface area contributed by atoms with Crippen molar-refractivity contribution >= 4 is 33.3 Å². The number of amides is 1. The molecule has 0 aliphatic carbocycles. The van der Waals surface area contributed by atoms with Crippen molar-refractivity contribution in [3.63, 3.8) is 0 Å². The van der Waals surface area contributed by atoms with Crippen molar-refractivity contribution in [2.45, 2.75) is 45.7 Å². The van der Waals surface area contributed by atoms with Gasteiger partial charge in [-0.25, -0.2) is 0 Å². The van der Waals surface area contributed by atoms with Crippen LogP contribution in [0.1, 0.15) is 36.0 Å². The van der Waals surface area contributed by atoms with Gasteiger partial charge in [-0.15, -0.1) is 15.3 Å². The van der Waals surface area contributed by atoms with Crippen LogP contribution in [0.15, 0.2) is 36.5 Å². The second-order valence-electron chi connectivity index (χ2n) is 11.6. The summed E-state index contributed by atoms with van der Waals surface area (Å²) in [6, 6.07) is 11.0. The number of hydrogen-bond acceptors (Lipinski definition) is 10. The van der Waals surface area contributed by atoms with Crippen LogP contribution in [0.4, 0.5) is 16.1 Å². The molecule has 0 unspecified atom stereocenters. The van der Waals surface area contributed by atoms with E-state index in [1.165, 1.54) is 34.4 Å². The molecular formula is C28H37N9OS. The predicted molar refractivity (Wildman–Crippen MR) is 154 cm³/mol. The number of carbonyl (C=O) groups excluding carboxylic acids is 1. The molecule has 1 aromatic carbocycles. The fourth-order valence-electron chi connectivity index (χ4n) is 6.55. The summed E-state index contributed by atoms with van der Waals surface area (Å²) in [6.07, 6.45) is 5.06. The summed E-state index contributed by atoms with van der Waals surface area (Å²) in [5.41, 5.74) is 4.38. The number of hydrogen-bond donors (Lipinski definition) is 2. The molecule has 1 atom stereocenters. The molecule has 2 aromatic heterocycles. The number of likely N-dealkylation sites (tertiary alicyclic amines) is 2. The molecule has 0 bridgehead atoms. The Morgan fingerprint density at radius 3 is 2.64 bits per heavy atom. The second-order valence-corrected chi connectivity index (χ2v) is 12.6. The van der Waals surface area contributed by atoms with Crippen LogP contribution >= 0.6 is 11.3 Å². The maximum Gasteiger partial charge on any atom is 0.240 e. The maximum atomic E-state index is 12.9. The number of benzene rings is 1. The van der Waals surface area contributed by atoms with E-state index in [1.807, 2.05) is 12.1 Å². The fourth-order valence-corrected chi connectivity index (χ4v) is 7.29. The third kappa shape index (κ3) is 6.37. The molecule has 11 heteroatoms. The van der Waals surface area contributed by atoms with Crippen LogP contribution in [0.2, 0.25) is 0 Å². The summed E-state index contributed by atoms with van der Waals surface area (Å²) in [4.78, 5) is 19.9. The van der Waals surface area contributed by atoms with Crippen LogP contribution in [-0.4, -0.2) is 88.0 Å². The van der Waals surface area contributed by atoms with Crippen molar-refractivity contribution in [2.75, 3.05) is 61.3 Å². The lowest BCUT2D eigenvalue weighted by Gasteiger charge is -2.54. The lowest BCUT2D eigenvalue weighted by atomic mass is 9.73. The van der Waals surface area contributed by atoms with Gasteiger partial charge in [0, 0.05) is 56.9 Å². The van der Waals surface area contributed by atoms with Gasteiger partial charge < -0.3 is 10.2 Å². The monoisotopic (exact) mass is 547 g/mol. The van der Waals surface area contributed by atoms with Gasteiger partial charge in [0.2, 0.25) is 16.2 Å². The summed E-state index contributed by atoms with van der Waals surface area (Å²) in [6.45, 7) is 11.7. The molecular weight excluding hydrogens is 510 g/mol. The first-order chi connectivity index (χ1) is 18.9. The van der Waals surface area contributed by atoms with Crippen LogP contribution in [0.3, 0.4) is 0 Å². The molecule has 0 radical (unpaired) electrons. The summed E-state index contributed by atoms with van der Waals surface area (Å²) in [5, 5.41) is 24.3. The standard InChI is InChI=1S/C28H37N9OS/c1-20-11-21(2)13-22(12-20)14-36-18-28(19-36)7-4-9-35(17-28)16-25(38)31-27-34-33-26(39-27)30-23-6-10-37(15-23)24-5-3-8-29-32-24/h3,5,8,11-13,23H,4,6-7,9-10,14-19H2,1-2H3,(H,30,33)(H,31,34,38)/t23-/m1/s1. The molecule has 10 nitrogen and oxygen atoms in total. The Kier molecular flexibility index (Phi) is 7.46. The topological polar surface area (TPSA) is 102 Å². The van der Waals surface area contributed by atoms with Gasteiger partial charge in [-0.2, -0.15) is 5.10 Å². The van der Waals surface area contributed by atoms with E-state index in [0.29, 0.717) is 17.1 Å². The molecule has 1 spiro atoms. The number of nitrogens with one attached hydrogen (secondary N) is 2. The lowest BCUT2D eigenvalue weighted by molar-refractivity contribution is -0.119. The Morgan fingerprint density at radius 2 is 1.85 bits per heavy atom. The van der Waals surface area contributed by atoms with Gasteiger partial charge in [-0.1, -0.05) is 40.7 Å². The highest BCUT2D eigenvalue weighted by Gasteiger charge is 2.45. The highest BCUT2D eigenvalue weighted by Crippen LogP contribution is 2.39. The van der Waals surface area contributed by atoms with E-state index >= 15 is 0 Å². The summed E-state index contributed by atoms with van der Waals surface area (Å²) in [7, 11) is 0. The molecule has 5 heterocycles. The quantitative estimate of drug-likeness (QED) is 0.440. The first kappa shape index (κ1) is 26.1. The Morgan fingerprint density at radius 1 is 1.05 bits per heavy atom. The number of rotatable bonds is 8. The Bertz CT molecular complexity index is 1270. The van der Waals surface area contributed by atoms with E-state index in [9.17, 15) is 4.79 Å². The van der Waals surface area contributed by atoms with Crippen LogP contribution in [-0.2, 0) is 11.3 Å². The van der Waals surface area contributed by atoms with Gasteiger partial charge in [0.15, 0.2) is 5.82 Å². The van der Waals surface area contributed by atoms with E-state index in [0.717, 1.165) is 69.6 Å². The van der Waals surface area contributed by atoms with Gasteiger partial charge in [0.25, 0.3) is 0 Å². The highest BCUT2D eigenvalue weighted by atomic mass is 32.1. The van der Waals surface area contributed by atoms with Crippen molar-refractivity contribution in [1.82, 2.24) is 30.2 Å². The van der Waals surface area contributed by atoms with Crippen LogP contribution in [0.25, 0.3) is 0 Å². The van der Waals surface area contributed by atoms with Crippen LogP contribution < -0.4 is 15.5 Å². The molecule has 39 heavy (non-hydrogen) atoms. The molecule has 3 aliphatic rings. The largest absolute Gasteiger partial charge is 0.355 e. The van der Waals surface area contributed by atoms with Crippen molar-refractivity contribution in [3.05, 3.63) is 53.2 Å². The predicted octanol–water partition coefficient (Wildman–Crippen LogP) is 3.17. The zero-order valence-electron chi connectivity index (χ0n) is 22.8. The summed E-state index contributed by atoms with van der Waals surface area (Å²) in [5.74, 6) is 0.873. The second kappa shape index (κ2) is 11.1. The van der Waals surface area contributed by atoms with Gasteiger partial charge in [0.05, 0.1) is 6.54 Å².